The normalized spacial score (nSPS) is 15.7. The van der Waals surface area contributed by atoms with Gasteiger partial charge < -0.3 is 15.0 Å². The Morgan fingerprint density at radius 1 is 1.07 bits per heavy atom. The number of nitrogens with one attached hydrogen (secondary N) is 1. The molecule has 4 rings (SSSR count). The van der Waals surface area contributed by atoms with Gasteiger partial charge in [0.2, 0.25) is 0 Å². The number of benzene rings is 2. The summed E-state index contributed by atoms with van der Waals surface area (Å²) in [5.74, 6) is -1.95. The number of para-hydroxylation sites is 1. The smallest absolute Gasteiger partial charge is 0.403 e. The molecule has 1 N–H and O–H groups in total. The first-order valence-corrected chi connectivity index (χ1v) is 7.84. The lowest BCUT2D eigenvalue weighted by atomic mass is 10.2. The average Bonchev–Trinajstić information content (AvgIpc) is 3.06. The van der Waals surface area contributed by atoms with Gasteiger partial charge in [0.05, 0.1) is 12.2 Å². The molecule has 0 aliphatic carbocycles. The molecule has 10 heteroatoms. The molecule has 2 aliphatic rings. The molecule has 0 radical (unpaired) electrons. The highest BCUT2D eigenvalue weighted by Gasteiger charge is 2.33. The SMILES string of the molecule is Fc1cc(NC2=Nc3cccc(F)c3N3CCN=C23)ccc1OC(F)(F)F. The van der Waals surface area contributed by atoms with Crippen molar-refractivity contribution in [2.45, 2.75) is 6.36 Å². The highest BCUT2D eigenvalue weighted by Crippen LogP contribution is 2.37. The van der Waals surface area contributed by atoms with E-state index in [0.717, 1.165) is 12.1 Å². The fourth-order valence-corrected chi connectivity index (χ4v) is 2.91. The zero-order valence-corrected chi connectivity index (χ0v) is 13.5. The maximum Gasteiger partial charge on any atom is 0.573 e. The van der Waals surface area contributed by atoms with Crippen molar-refractivity contribution in [2.75, 3.05) is 23.3 Å². The van der Waals surface area contributed by atoms with Gasteiger partial charge in [-0.2, -0.15) is 0 Å². The molecular weight excluding hydrogens is 371 g/mol. The van der Waals surface area contributed by atoms with Gasteiger partial charge >= 0.3 is 6.36 Å². The summed E-state index contributed by atoms with van der Waals surface area (Å²) >= 11 is 0. The molecule has 140 valence electrons. The zero-order valence-electron chi connectivity index (χ0n) is 13.5. The number of amidine groups is 2. The van der Waals surface area contributed by atoms with Crippen LogP contribution in [0.1, 0.15) is 0 Å². The van der Waals surface area contributed by atoms with Crippen LogP contribution in [0.3, 0.4) is 0 Å². The summed E-state index contributed by atoms with van der Waals surface area (Å²) in [7, 11) is 0. The molecule has 2 aliphatic heterocycles. The third kappa shape index (κ3) is 3.29. The average molecular weight is 382 g/mol. The topological polar surface area (TPSA) is 49.2 Å². The van der Waals surface area contributed by atoms with Gasteiger partial charge in [0, 0.05) is 18.3 Å². The quantitative estimate of drug-likeness (QED) is 0.791. The summed E-state index contributed by atoms with van der Waals surface area (Å²) in [6.07, 6.45) is -4.99. The number of alkyl halides is 3. The number of ether oxygens (including phenoxy) is 1. The minimum atomic E-state index is -4.99. The van der Waals surface area contributed by atoms with E-state index in [9.17, 15) is 22.0 Å². The summed E-state index contributed by atoms with van der Waals surface area (Å²) in [6, 6.07) is 7.37. The molecule has 0 aromatic heterocycles. The molecule has 2 aromatic rings. The monoisotopic (exact) mass is 382 g/mol. The third-order valence-corrected chi connectivity index (χ3v) is 3.94. The van der Waals surface area contributed by atoms with Crippen molar-refractivity contribution in [1.29, 1.82) is 0 Å². The van der Waals surface area contributed by atoms with E-state index in [1.54, 1.807) is 11.0 Å². The van der Waals surface area contributed by atoms with E-state index in [0.29, 0.717) is 30.3 Å². The predicted molar refractivity (Wildman–Crippen MR) is 89.8 cm³/mol. The molecule has 0 unspecified atom stereocenters. The maximum atomic E-state index is 14.2. The van der Waals surface area contributed by atoms with Crippen molar-refractivity contribution >= 4 is 28.7 Å². The Morgan fingerprint density at radius 3 is 2.63 bits per heavy atom. The first kappa shape index (κ1) is 17.3. The van der Waals surface area contributed by atoms with Gasteiger partial charge in [0.25, 0.3) is 0 Å². The van der Waals surface area contributed by atoms with Crippen LogP contribution in [0.25, 0.3) is 0 Å². The molecule has 27 heavy (non-hydrogen) atoms. The van der Waals surface area contributed by atoms with Gasteiger partial charge in [0.1, 0.15) is 11.5 Å². The molecule has 0 saturated heterocycles. The van der Waals surface area contributed by atoms with Crippen molar-refractivity contribution < 1.29 is 26.7 Å². The summed E-state index contributed by atoms with van der Waals surface area (Å²) in [4.78, 5) is 10.2. The van der Waals surface area contributed by atoms with E-state index in [2.05, 4.69) is 20.0 Å². The number of halogens is 5. The summed E-state index contributed by atoms with van der Waals surface area (Å²) in [6.45, 7) is 0.882. The largest absolute Gasteiger partial charge is 0.573 e. The highest BCUT2D eigenvalue weighted by molar-refractivity contribution is 6.51. The Morgan fingerprint density at radius 2 is 1.89 bits per heavy atom. The van der Waals surface area contributed by atoms with Gasteiger partial charge in [-0.3, -0.25) is 4.99 Å². The summed E-state index contributed by atoms with van der Waals surface area (Å²) in [5, 5.41) is 2.82. The standard InChI is InChI=1S/C17H11F5N4O/c18-10-2-1-3-12-14(10)26-7-6-23-16(26)15(25-12)24-9-4-5-13(11(19)8-9)27-17(20,21)22/h1-5,8H,6-7H2,(H,24,25). The van der Waals surface area contributed by atoms with Crippen molar-refractivity contribution in [2.24, 2.45) is 9.98 Å². The summed E-state index contributed by atoms with van der Waals surface area (Å²) in [5.41, 5.74) is 0.824. The number of hydrogen-bond acceptors (Lipinski definition) is 5. The van der Waals surface area contributed by atoms with E-state index >= 15 is 0 Å². The minimum Gasteiger partial charge on any atom is -0.403 e. The lowest BCUT2D eigenvalue weighted by molar-refractivity contribution is -0.275. The van der Waals surface area contributed by atoms with Crippen LogP contribution in [0.15, 0.2) is 46.4 Å². The van der Waals surface area contributed by atoms with Crippen LogP contribution in [-0.2, 0) is 0 Å². The van der Waals surface area contributed by atoms with Crippen LogP contribution in [0, 0.1) is 11.6 Å². The molecule has 2 heterocycles. The molecule has 0 saturated carbocycles. The van der Waals surface area contributed by atoms with Crippen molar-refractivity contribution in [3.63, 3.8) is 0 Å². The lowest BCUT2D eigenvalue weighted by Crippen LogP contribution is -2.40. The number of anilines is 2. The first-order chi connectivity index (χ1) is 12.8. The molecule has 0 fully saturated rings. The first-order valence-electron chi connectivity index (χ1n) is 7.84. The minimum absolute atomic E-state index is 0.148. The Balaban J connectivity index is 1.65. The number of hydrogen-bond donors (Lipinski definition) is 1. The number of fused-ring (bicyclic) bond motifs is 3. The van der Waals surface area contributed by atoms with E-state index in [1.165, 1.54) is 18.2 Å². The fraction of sp³-hybridized carbons (Fsp3) is 0.176. The number of rotatable bonds is 2. The van der Waals surface area contributed by atoms with Gasteiger partial charge in [0.15, 0.2) is 23.2 Å². The third-order valence-electron chi connectivity index (χ3n) is 3.94. The van der Waals surface area contributed by atoms with E-state index < -0.39 is 23.7 Å². The summed E-state index contributed by atoms with van der Waals surface area (Å²) < 4.78 is 68.4. The van der Waals surface area contributed by atoms with Crippen LogP contribution in [0.5, 0.6) is 5.75 Å². The van der Waals surface area contributed by atoms with E-state index in [4.69, 9.17) is 0 Å². The van der Waals surface area contributed by atoms with Crippen LogP contribution in [-0.4, -0.2) is 31.1 Å². The second kappa shape index (κ2) is 6.22. The van der Waals surface area contributed by atoms with Crippen LogP contribution in [0.4, 0.5) is 39.0 Å². The molecule has 0 spiro atoms. The second-order valence-corrected chi connectivity index (χ2v) is 5.74. The van der Waals surface area contributed by atoms with Gasteiger partial charge in [-0.05, 0) is 24.3 Å². The fourth-order valence-electron chi connectivity index (χ4n) is 2.91. The van der Waals surface area contributed by atoms with E-state index in [-0.39, 0.29) is 11.5 Å². The highest BCUT2D eigenvalue weighted by atomic mass is 19.4. The number of aliphatic imine (C=N–C) groups is 2. The molecule has 2 aromatic carbocycles. The second-order valence-electron chi connectivity index (χ2n) is 5.74. The molecule has 0 amide bonds. The van der Waals surface area contributed by atoms with Crippen molar-refractivity contribution in [3.05, 3.63) is 48.0 Å². The van der Waals surface area contributed by atoms with Gasteiger partial charge in [-0.15, -0.1) is 13.2 Å². The Hall–Kier alpha value is -3.17. The molecule has 5 nitrogen and oxygen atoms in total. The van der Waals surface area contributed by atoms with Crippen LogP contribution >= 0.6 is 0 Å². The van der Waals surface area contributed by atoms with Crippen molar-refractivity contribution in [3.8, 4) is 5.75 Å². The van der Waals surface area contributed by atoms with Crippen molar-refractivity contribution in [1.82, 2.24) is 0 Å². The van der Waals surface area contributed by atoms with Gasteiger partial charge in [-0.25, -0.2) is 13.8 Å². The zero-order chi connectivity index (χ0) is 19.2. The predicted octanol–water partition coefficient (Wildman–Crippen LogP) is 4.24. The maximum absolute atomic E-state index is 14.2. The van der Waals surface area contributed by atoms with E-state index in [1.807, 2.05) is 0 Å². The Labute approximate surface area is 149 Å². The molecular formula is C17H11F5N4O. The Kier molecular flexibility index (Phi) is 3.97. The van der Waals surface area contributed by atoms with Crippen LogP contribution < -0.4 is 15.0 Å². The Bertz CT molecular complexity index is 970. The molecule has 0 atom stereocenters. The van der Waals surface area contributed by atoms with Crippen LogP contribution in [0.2, 0.25) is 0 Å². The lowest BCUT2D eigenvalue weighted by Gasteiger charge is -2.28. The number of nitrogens with zero attached hydrogens (tertiary/aromatic N) is 3. The molecule has 0 bridgehead atoms. The van der Waals surface area contributed by atoms with Gasteiger partial charge in [-0.1, -0.05) is 6.07 Å².